The summed E-state index contributed by atoms with van der Waals surface area (Å²) >= 11 is 0. The van der Waals surface area contributed by atoms with E-state index in [1.807, 2.05) is 18.2 Å². The molecule has 0 spiro atoms. The molecule has 74 valence electrons. The van der Waals surface area contributed by atoms with Crippen LogP contribution >= 0.6 is 0 Å². The summed E-state index contributed by atoms with van der Waals surface area (Å²) in [6, 6.07) is 5.88. The number of hydrogen-bond acceptors (Lipinski definition) is 3. The Balaban J connectivity index is 2.07. The molecule has 1 aromatic heterocycles. The van der Waals surface area contributed by atoms with Crippen LogP contribution in [-0.2, 0) is 0 Å². The molecular weight excluding hydrogens is 174 g/mol. The van der Waals surface area contributed by atoms with Crippen molar-refractivity contribution in [2.75, 3.05) is 18.9 Å². The van der Waals surface area contributed by atoms with Gasteiger partial charge in [-0.15, -0.1) is 0 Å². The second-order valence-electron chi connectivity index (χ2n) is 3.49. The normalized spacial score (nSPS) is 16.4. The number of hydrogen-bond donors (Lipinski definition) is 1. The molecule has 0 saturated carbocycles. The maximum absolute atomic E-state index is 4.23. The second kappa shape index (κ2) is 4.13. The van der Waals surface area contributed by atoms with E-state index in [0.29, 0.717) is 0 Å². The second-order valence-corrected chi connectivity index (χ2v) is 3.49. The smallest absolute Gasteiger partial charge is 0.131 e. The summed E-state index contributed by atoms with van der Waals surface area (Å²) in [6.07, 6.45) is 6.41. The molecule has 0 atom stereocenters. The van der Waals surface area contributed by atoms with Gasteiger partial charge in [0.05, 0.1) is 0 Å². The first-order valence-electron chi connectivity index (χ1n) is 4.95. The Labute approximate surface area is 84.5 Å². The van der Waals surface area contributed by atoms with E-state index in [1.54, 1.807) is 6.20 Å². The maximum Gasteiger partial charge on any atom is 0.131 e. The number of nitrogens with zero attached hydrogens (tertiary/aromatic N) is 2. The summed E-state index contributed by atoms with van der Waals surface area (Å²) in [5.74, 6) is 2.07. The van der Waals surface area contributed by atoms with Gasteiger partial charge in [-0.05, 0) is 31.1 Å². The van der Waals surface area contributed by atoms with Crippen LogP contribution in [0.5, 0.6) is 0 Å². The molecule has 14 heavy (non-hydrogen) atoms. The van der Waals surface area contributed by atoms with Crippen LogP contribution in [0.25, 0.3) is 0 Å². The van der Waals surface area contributed by atoms with Gasteiger partial charge in [0.2, 0.25) is 0 Å². The van der Waals surface area contributed by atoms with Crippen molar-refractivity contribution in [1.82, 2.24) is 9.88 Å². The van der Waals surface area contributed by atoms with Crippen LogP contribution in [0.2, 0.25) is 0 Å². The van der Waals surface area contributed by atoms with Crippen molar-refractivity contribution < 1.29 is 0 Å². The van der Waals surface area contributed by atoms with Crippen molar-refractivity contribution in [2.45, 2.75) is 12.8 Å². The zero-order chi connectivity index (χ0) is 9.80. The van der Waals surface area contributed by atoms with Crippen LogP contribution in [0.4, 0.5) is 5.82 Å². The fourth-order valence-corrected chi connectivity index (χ4v) is 1.56. The Hall–Kier alpha value is -1.51. The Morgan fingerprint density at radius 3 is 3.07 bits per heavy atom. The fraction of sp³-hybridized carbons (Fsp3) is 0.364. The molecule has 2 heterocycles. The van der Waals surface area contributed by atoms with Gasteiger partial charge in [-0.3, -0.25) is 0 Å². The average molecular weight is 189 g/mol. The summed E-state index contributed by atoms with van der Waals surface area (Å²) in [4.78, 5) is 6.45. The van der Waals surface area contributed by atoms with Crippen molar-refractivity contribution in [2.24, 2.45) is 0 Å². The highest BCUT2D eigenvalue weighted by atomic mass is 15.2. The first-order valence-corrected chi connectivity index (χ1v) is 4.95. The van der Waals surface area contributed by atoms with Crippen molar-refractivity contribution in [1.29, 1.82) is 0 Å². The minimum Gasteiger partial charge on any atom is -0.361 e. The molecule has 0 unspecified atom stereocenters. The van der Waals surface area contributed by atoms with Crippen LogP contribution in [-0.4, -0.2) is 23.5 Å². The lowest BCUT2D eigenvalue weighted by molar-refractivity contribution is 0.392. The van der Waals surface area contributed by atoms with Gasteiger partial charge in [-0.1, -0.05) is 6.07 Å². The van der Waals surface area contributed by atoms with Crippen LogP contribution in [0.1, 0.15) is 12.8 Å². The van der Waals surface area contributed by atoms with E-state index in [0.717, 1.165) is 24.6 Å². The molecule has 1 aliphatic rings. The Morgan fingerprint density at radius 2 is 2.36 bits per heavy atom. The quantitative estimate of drug-likeness (QED) is 0.771. The Morgan fingerprint density at radius 1 is 1.43 bits per heavy atom. The van der Waals surface area contributed by atoms with E-state index < -0.39 is 0 Å². The van der Waals surface area contributed by atoms with E-state index >= 15 is 0 Å². The molecule has 1 aromatic rings. The molecule has 0 saturated heterocycles. The molecule has 0 bridgehead atoms. The fourth-order valence-electron chi connectivity index (χ4n) is 1.56. The van der Waals surface area contributed by atoms with Crippen LogP contribution in [0.15, 0.2) is 36.3 Å². The minimum absolute atomic E-state index is 0.910. The van der Waals surface area contributed by atoms with Gasteiger partial charge in [0, 0.05) is 19.8 Å². The molecule has 0 radical (unpaired) electrons. The SMILES string of the molecule is CN1CCCC=C1Nc1ccccn1. The average Bonchev–Trinajstić information content (AvgIpc) is 2.23. The first-order chi connectivity index (χ1) is 6.86. The lowest BCUT2D eigenvalue weighted by Gasteiger charge is -2.26. The van der Waals surface area contributed by atoms with Gasteiger partial charge in [-0.2, -0.15) is 0 Å². The molecular formula is C11H15N3. The predicted octanol–water partition coefficient (Wildman–Crippen LogP) is 2.06. The molecule has 0 aliphatic carbocycles. The van der Waals surface area contributed by atoms with Crippen molar-refractivity contribution >= 4 is 5.82 Å². The Kier molecular flexibility index (Phi) is 2.68. The largest absolute Gasteiger partial charge is 0.361 e. The van der Waals surface area contributed by atoms with Crippen molar-refractivity contribution in [3.05, 3.63) is 36.3 Å². The van der Waals surface area contributed by atoms with Crippen molar-refractivity contribution in [3.63, 3.8) is 0 Å². The lowest BCUT2D eigenvalue weighted by atomic mass is 10.2. The number of rotatable bonds is 2. The molecule has 0 amide bonds. The monoisotopic (exact) mass is 189 g/mol. The molecule has 0 aromatic carbocycles. The van der Waals surface area contributed by atoms with E-state index in [9.17, 15) is 0 Å². The topological polar surface area (TPSA) is 28.2 Å². The summed E-state index contributed by atoms with van der Waals surface area (Å²) < 4.78 is 0. The van der Waals surface area contributed by atoms with Crippen LogP contribution in [0, 0.1) is 0 Å². The third kappa shape index (κ3) is 2.05. The molecule has 2 rings (SSSR count). The lowest BCUT2D eigenvalue weighted by Crippen LogP contribution is -2.27. The summed E-state index contributed by atoms with van der Waals surface area (Å²) in [7, 11) is 2.10. The molecule has 1 N–H and O–H groups in total. The highest BCUT2D eigenvalue weighted by molar-refractivity contribution is 5.40. The van der Waals surface area contributed by atoms with Crippen LogP contribution < -0.4 is 5.32 Å². The van der Waals surface area contributed by atoms with Crippen LogP contribution in [0.3, 0.4) is 0 Å². The summed E-state index contributed by atoms with van der Waals surface area (Å²) in [5.41, 5.74) is 0. The van der Waals surface area contributed by atoms with Crippen molar-refractivity contribution in [3.8, 4) is 0 Å². The zero-order valence-corrected chi connectivity index (χ0v) is 8.40. The highest BCUT2D eigenvalue weighted by Gasteiger charge is 2.08. The molecule has 3 heteroatoms. The van der Waals surface area contributed by atoms with Gasteiger partial charge < -0.3 is 10.2 Å². The third-order valence-electron chi connectivity index (χ3n) is 2.37. The first kappa shape index (κ1) is 9.06. The number of nitrogens with one attached hydrogen (secondary N) is 1. The number of anilines is 1. The maximum atomic E-state index is 4.23. The standard InChI is InChI=1S/C11H15N3/c1-14-9-5-3-7-11(14)13-10-6-2-4-8-12-10/h2,4,6-8H,3,5,9H2,1H3,(H,12,13). The van der Waals surface area contributed by atoms with Gasteiger partial charge in [-0.25, -0.2) is 4.98 Å². The molecule has 3 nitrogen and oxygen atoms in total. The number of allylic oxidation sites excluding steroid dienone is 1. The third-order valence-corrected chi connectivity index (χ3v) is 2.37. The number of aromatic nitrogens is 1. The van der Waals surface area contributed by atoms with E-state index in [4.69, 9.17) is 0 Å². The predicted molar refractivity (Wildman–Crippen MR) is 57.8 cm³/mol. The Bertz CT molecular complexity index is 319. The highest BCUT2D eigenvalue weighted by Crippen LogP contribution is 2.14. The zero-order valence-electron chi connectivity index (χ0n) is 8.40. The van der Waals surface area contributed by atoms with E-state index in [1.165, 1.54) is 6.42 Å². The van der Waals surface area contributed by atoms with E-state index in [-0.39, 0.29) is 0 Å². The van der Waals surface area contributed by atoms with Gasteiger partial charge >= 0.3 is 0 Å². The molecule has 1 aliphatic heterocycles. The van der Waals surface area contributed by atoms with Gasteiger partial charge in [0.25, 0.3) is 0 Å². The summed E-state index contributed by atoms with van der Waals surface area (Å²) in [6.45, 7) is 1.12. The molecule has 0 fully saturated rings. The van der Waals surface area contributed by atoms with Gasteiger partial charge in [0.15, 0.2) is 0 Å². The summed E-state index contributed by atoms with van der Waals surface area (Å²) in [5, 5.41) is 3.31. The number of pyridine rings is 1. The minimum atomic E-state index is 0.910. The van der Waals surface area contributed by atoms with E-state index in [2.05, 4.69) is 28.3 Å². The van der Waals surface area contributed by atoms with Gasteiger partial charge in [0.1, 0.15) is 11.6 Å².